The standard InChI is InChI=1S/C20H35N5O.HI/c1-4-21-20(23-17-18-9-5-6-10-19(18)26-3)22-11-7-8-12-25-15-13-24(2)14-16-25;/h5-6,9-10H,4,7-8,11-17H2,1-3H3,(H2,21,22,23);1H. The molecule has 154 valence electrons. The van der Waals surface area contributed by atoms with Crippen LogP contribution in [0.15, 0.2) is 29.3 Å². The number of nitrogens with zero attached hydrogens (tertiary/aromatic N) is 3. The molecule has 0 bridgehead atoms. The predicted octanol–water partition coefficient (Wildman–Crippen LogP) is 2.40. The summed E-state index contributed by atoms with van der Waals surface area (Å²) in [6.45, 7) is 10.5. The van der Waals surface area contributed by atoms with Gasteiger partial charge in [-0.05, 0) is 39.4 Å². The van der Waals surface area contributed by atoms with Crippen LogP contribution in [-0.4, -0.2) is 75.7 Å². The molecule has 0 unspecified atom stereocenters. The van der Waals surface area contributed by atoms with Gasteiger partial charge in [0.25, 0.3) is 0 Å². The monoisotopic (exact) mass is 489 g/mol. The highest BCUT2D eigenvalue weighted by molar-refractivity contribution is 14.0. The first kappa shape index (κ1) is 24.0. The fourth-order valence-electron chi connectivity index (χ4n) is 3.08. The number of hydrogen-bond acceptors (Lipinski definition) is 4. The van der Waals surface area contributed by atoms with Crippen LogP contribution in [0.1, 0.15) is 25.3 Å². The summed E-state index contributed by atoms with van der Waals surface area (Å²) in [5.74, 6) is 1.76. The summed E-state index contributed by atoms with van der Waals surface area (Å²) in [6.07, 6.45) is 2.38. The summed E-state index contributed by atoms with van der Waals surface area (Å²) >= 11 is 0. The first-order valence-corrected chi connectivity index (χ1v) is 9.78. The third-order valence-electron chi connectivity index (χ3n) is 4.73. The Kier molecular flexibility index (Phi) is 12.4. The van der Waals surface area contributed by atoms with Gasteiger partial charge in [-0.1, -0.05) is 18.2 Å². The van der Waals surface area contributed by atoms with Gasteiger partial charge in [0.2, 0.25) is 0 Å². The number of ether oxygens (including phenoxy) is 1. The number of halogens is 1. The molecule has 2 N–H and O–H groups in total. The Morgan fingerprint density at radius 2 is 1.85 bits per heavy atom. The second-order valence-electron chi connectivity index (χ2n) is 6.79. The average molecular weight is 489 g/mol. The fraction of sp³-hybridized carbons (Fsp3) is 0.650. The van der Waals surface area contributed by atoms with Crippen molar-refractivity contribution in [1.29, 1.82) is 0 Å². The zero-order chi connectivity index (χ0) is 18.6. The molecule has 6 nitrogen and oxygen atoms in total. The number of para-hydroxylation sites is 1. The van der Waals surface area contributed by atoms with Crippen LogP contribution in [0, 0.1) is 0 Å². The molecule has 1 heterocycles. The van der Waals surface area contributed by atoms with Gasteiger partial charge < -0.3 is 25.2 Å². The molecule has 1 fully saturated rings. The Balaban J connectivity index is 0.00000364. The smallest absolute Gasteiger partial charge is 0.191 e. The number of likely N-dealkylation sites (N-methyl/N-ethyl adjacent to an activating group) is 1. The molecule has 1 aliphatic rings. The van der Waals surface area contributed by atoms with Crippen LogP contribution < -0.4 is 15.4 Å². The van der Waals surface area contributed by atoms with E-state index in [1.54, 1.807) is 7.11 Å². The van der Waals surface area contributed by atoms with E-state index in [2.05, 4.69) is 45.5 Å². The Morgan fingerprint density at radius 3 is 2.56 bits per heavy atom. The van der Waals surface area contributed by atoms with E-state index in [1.807, 2.05) is 18.2 Å². The molecule has 0 aromatic heterocycles. The quantitative estimate of drug-likeness (QED) is 0.242. The number of hydrogen-bond donors (Lipinski definition) is 2. The fourth-order valence-corrected chi connectivity index (χ4v) is 3.08. The van der Waals surface area contributed by atoms with Crippen molar-refractivity contribution in [2.45, 2.75) is 26.3 Å². The van der Waals surface area contributed by atoms with Crippen molar-refractivity contribution >= 4 is 29.9 Å². The lowest BCUT2D eigenvalue weighted by atomic mass is 10.2. The first-order chi connectivity index (χ1) is 12.7. The Labute approximate surface area is 181 Å². The second-order valence-corrected chi connectivity index (χ2v) is 6.79. The van der Waals surface area contributed by atoms with E-state index in [1.165, 1.54) is 39.1 Å². The molecule has 1 aliphatic heterocycles. The average Bonchev–Trinajstić information content (AvgIpc) is 2.67. The maximum atomic E-state index is 5.40. The highest BCUT2D eigenvalue weighted by atomic mass is 127. The minimum Gasteiger partial charge on any atom is -0.496 e. The van der Waals surface area contributed by atoms with E-state index in [0.717, 1.165) is 36.8 Å². The summed E-state index contributed by atoms with van der Waals surface area (Å²) < 4.78 is 5.40. The predicted molar refractivity (Wildman–Crippen MR) is 124 cm³/mol. The molecule has 0 amide bonds. The van der Waals surface area contributed by atoms with Gasteiger partial charge in [-0.15, -0.1) is 24.0 Å². The van der Waals surface area contributed by atoms with Gasteiger partial charge in [-0.2, -0.15) is 0 Å². The van der Waals surface area contributed by atoms with Crippen LogP contribution in [0.2, 0.25) is 0 Å². The highest BCUT2D eigenvalue weighted by Gasteiger charge is 2.12. The van der Waals surface area contributed by atoms with Crippen molar-refractivity contribution in [2.75, 3.05) is 60.0 Å². The number of guanidine groups is 1. The van der Waals surface area contributed by atoms with Crippen molar-refractivity contribution in [2.24, 2.45) is 4.99 Å². The topological polar surface area (TPSA) is 52.1 Å². The van der Waals surface area contributed by atoms with E-state index < -0.39 is 0 Å². The van der Waals surface area contributed by atoms with Crippen molar-refractivity contribution < 1.29 is 4.74 Å². The number of piperazine rings is 1. The summed E-state index contributed by atoms with van der Waals surface area (Å²) in [4.78, 5) is 9.66. The summed E-state index contributed by atoms with van der Waals surface area (Å²) in [5.41, 5.74) is 1.10. The molecule has 0 aliphatic carbocycles. The van der Waals surface area contributed by atoms with E-state index in [9.17, 15) is 0 Å². The van der Waals surface area contributed by atoms with Crippen LogP contribution in [-0.2, 0) is 6.54 Å². The van der Waals surface area contributed by atoms with Gasteiger partial charge in [0.1, 0.15) is 5.75 Å². The number of benzene rings is 1. The van der Waals surface area contributed by atoms with Gasteiger partial charge in [-0.25, -0.2) is 4.99 Å². The Bertz CT molecular complexity index is 547. The number of unbranched alkanes of at least 4 members (excludes halogenated alkanes) is 1. The van der Waals surface area contributed by atoms with Crippen LogP contribution in [0.3, 0.4) is 0 Å². The number of nitrogens with one attached hydrogen (secondary N) is 2. The van der Waals surface area contributed by atoms with Crippen LogP contribution in [0.4, 0.5) is 0 Å². The number of aliphatic imine (C=N–C) groups is 1. The Morgan fingerprint density at radius 1 is 1.11 bits per heavy atom. The maximum Gasteiger partial charge on any atom is 0.191 e. The van der Waals surface area contributed by atoms with Crippen LogP contribution >= 0.6 is 24.0 Å². The van der Waals surface area contributed by atoms with Crippen LogP contribution in [0.5, 0.6) is 5.75 Å². The number of methoxy groups -OCH3 is 1. The maximum absolute atomic E-state index is 5.40. The summed E-state index contributed by atoms with van der Waals surface area (Å²) in [5, 5.41) is 6.76. The molecule has 0 radical (unpaired) electrons. The molecule has 1 aromatic carbocycles. The van der Waals surface area contributed by atoms with E-state index in [-0.39, 0.29) is 24.0 Å². The van der Waals surface area contributed by atoms with Gasteiger partial charge in [0.05, 0.1) is 13.7 Å². The SMILES string of the molecule is CCNC(=NCc1ccccc1OC)NCCCCN1CCN(C)CC1.I. The molecule has 1 aromatic rings. The van der Waals surface area contributed by atoms with Crippen molar-refractivity contribution in [3.63, 3.8) is 0 Å². The molecule has 2 rings (SSSR count). The lowest BCUT2D eigenvalue weighted by Crippen LogP contribution is -2.44. The van der Waals surface area contributed by atoms with Gasteiger partial charge in [0.15, 0.2) is 5.96 Å². The third kappa shape index (κ3) is 9.12. The first-order valence-electron chi connectivity index (χ1n) is 9.78. The highest BCUT2D eigenvalue weighted by Crippen LogP contribution is 2.17. The van der Waals surface area contributed by atoms with E-state index in [0.29, 0.717) is 6.54 Å². The molecule has 0 saturated carbocycles. The van der Waals surface area contributed by atoms with Crippen molar-refractivity contribution in [3.8, 4) is 5.75 Å². The van der Waals surface area contributed by atoms with E-state index >= 15 is 0 Å². The second kappa shape index (κ2) is 14.0. The molecule has 27 heavy (non-hydrogen) atoms. The largest absolute Gasteiger partial charge is 0.496 e. The van der Waals surface area contributed by atoms with Gasteiger partial charge in [-0.3, -0.25) is 0 Å². The third-order valence-corrected chi connectivity index (χ3v) is 4.73. The minimum atomic E-state index is 0. The zero-order valence-corrected chi connectivity index (χ0v) is 19.4. The molecule has 0 atom stereocenters. The van der Waals surface area contributed by atoms with Crippen molar-refractivity contribution in [1.82, 2.24) is 20.4 Å². The normalized spacial score (nSPS) is 15.9. The summed E-state index contributed by atoms with van der Waals surface area (Å²) in [7, 11) is 3.90. The summed E-state index contributed by atoms with van der Waals surface area (Å²) in [6, 6.07) is 8.04. The molecule has 1 saturated heterocycles. The number of rotatable bonds is 9. The molecular weight excluding hydrogens is 453 g/mol. The Hall–Kier alpha value is -1.06. The zero-order valence-electron chi connectivity index (χ0n) is 17.0. The molecule has 7 heteroatoms. The van der Waals surface area contributed by atoms with Crippen LogP contribution in [0.25, 0.3) is 0 Å². The van der Waals surface area contributed by atoms with Gasteiger partial charge in [0, 0.05) is 44.8 Å². The molecular formula is C20H36IN5O. The lowest BCUT2D eigenvalue weighted by Gasteiger charge is -2.32. The minimum absolute atomic E-state index is 0. The van der Waals surface area contributed by atoms with Crippen molar-refractivity contribution in [3.05, 3.63) is 29.8 Å². The van der Waals surface area contributed by atoms with Gasteiger partial charge >= 0.3 is 0 Å². The lowest BCUT2D eigenvalue weighted by molar-refractivity contribution is 0.152. The van der Waals surface area contributed by atoms with E-state index in [4.69, 9.17) is 4.74 Å². The molecule has 0 spiro atoms.